The summed E-state index contributed by atoms with van der Waals surface area (Å²) in [5.74, 6) is -1.13. The molecule has 8 heteroatoms. The number of carboxylic acid groups (broad SMARTS) is 1. The van der Waals surface area contributed by atoms with Crippen molar-refractivity contribution >= 4 is 43.5 Å². The van der Waals surface area contributed by atoms with Crippen molar-refractivity contribution in [2.75, 3.05) is 6.54 Å². The highest BCUT2D eigenvalue weighted by molar-refractivity contribution is 9.10. The second-order valence-corrected chi connectivity index (χ2v) is 8.31. The summed E-state index contributed by atoms with van der Waals surface area (Å²) in [7, 11) is -3.89. The van der Waals surface area contributed by atoms with Gasteiger partial charge in [-0.1, -0.05) is 11.6 Å². The van der Waals surface area contributed by atoms with E-state index >= 15 is 0 Å². The first-order valence-electron chi connectivity index (χ1n) is 6.41. The van der Waals surface area contributed by atoms with Gasteiger partial charge in [0.15, 0.2) is 0 Å². The van der Waals surface area contributed by atoms with E-state index in [1.165, 1.54) is 25.1 Å². The van der Waals surface area contributed by atoms with E-state index in [0.29, 0.717) is 28.8 Å². The van der Waals surface area contributed by atoms with Crippen molar-refractivity contribution in [2.45, 2.75) is 36.6 Å². The molecule has 0 amide bonds. The summed E-state index contributed by atoms with van der Waals surface area (Å²) in [5, 5.41) is 9.84. The fourth-order valence-electron chi connectivity index (χ4n) is 2.46. The third-order valence-corrected chi connectivity index (χ3v) is 6.99. The standard InChI is InChI=1S/C13H15BrClNO4S/c1-13(12(17)18)6-2-3-7-16(13)21(19,20)9-4-5-11(15)10(14)8-9/h4-5,8H,2-3,6-7H2,1H3,(H,17,18). The van der Waals surface area contributed by atoms with Crippen LogP contribution in [0.1, 0.15) is 26.2 Å². The van der Waals surface area contributed by atoms with Crippen LogP contribution in [0.2, 0.25) is 5.02 Å². The fourth-order valence-corrected chi connectivity index (χ4v) is 4.94. The van der Waals surface area contributed by atoms with Crippen LogP contribution in [-0.4, -0.2) is 35.9 Å². The zero-order valence-electron chi connectivity index (χ0n) is 11.3. The van der Waals surface area contributed by atoms with Gasteiger partial charge < -0.3 is 5.11 Å². The first kappa shape index (κ1) is 16.7. The van der Waals surface area contributed by atoms with E-state index in [1.807, 2.05) is 0 Å². The van der Waals surface area contributed by atoms with Crippen LogP contribution in [-0.2, 0) is 14.8 Å². The third-order valence-electron chi connectivity index (χ3n) is 3.77. The summed E-state index contributed by atoms with van der Waals surface area (Å²) in [6.07, 6.45) is 1.65. The number of sulfonamides is 1. The van der Waals surface area contributed by atoms with Crippen molar-refractivity contribution in [3.05, 3.63) is 27.7 Å². The average Bonchev–Trinajstić information content (AvgIpc) is 2.41. The second kappa shape index (κ2) is 5.87. The van der Waals surface area contributed by atoms with Gasteiger partial charge in [0.1, 0.15) is 5.54 Å². The molecule has 116 valence electrons. The topological polar surface area (TPSA) is 74.7 Å². The molecule has 2 rings (SSSR count). The average molecular weight is 397 g/mol. The number of carbonyl (C=O) groups is 1. The lowest BCUT2D eigenvalue weighted by Gasteiger charge is -2.40. The number of aliphatic carboxylic acids is 1. The molecule has 1 heterocycles. The molecule has 1 aromatic carbocycles. The van der Waals surface area contributed by atoms with E-state index in [-0.39, 0.29) is 11.4 Å². The van der Waals surface area contributed by atoms with Crippen LogP contribution in [0.5, 0.6) is 0 Å². The van der Waals surface area contributed by atoms with Crippen molar-refractivity contribution in [2.24, 2.45) is 0 Å². The molecule has 1 atom stereocenters. The quantitative estimate of drug-likeness (QED) is 0.852. The van der Waals surface area contributed by atoms with Crippen LogP contribution in [0, 0.1) is 0 Å². The number of carboxylic acids is 1. The predicted octanol–water partition coefficient (Wildman–Crippen LogP) is 3.12. The summed E-state index contributed by atoms with van der Waals surface area (Å²) in [6.45, 7) is 1.66. The lowest BCUT2D eigenvalue weighted by Crippen LogP contribution is -2.57. The highest BCUT2D eigenvalue weighted by Gasteiger charge is 2.47. The minimum Gasteiger partial charge on any atom is -0.480 e. The maximum Gasteiger partial charge on any atom is 0.324 e. The number of nitrogens with zero attached hydrogens (tertiary/aromatic N) is 1. The summed E-state index contributed by atoms with van der Waals surface area (Å²) < 4.78 is 27.1. The van der Waals surface area contributed by atoms with Gasteiger partial charge in [-0.3, -0.25) is 4.79 Å². The van der Waals surface area contributed by atoms with Gasteiger partial charge in [0.2, 0.25) is 10.0 Å². The molecule has 1 aliphatic rings. The van der Waals surface area contributed by atoms with Gasteiger partial charge in [-0.25, -0.2) is 8.42 Å². The molecule has 0 saturated carbocycles. The lowest BCUT2D eigenvalue weighted by molar-refractivity contribution is -0.149. The van der Waals surface area contributed by atoms with E-state index in [9.17, 15) is 18.3 Å². The predicted molar refractivity (Wildman–Crippen MR) is 82.9 cm³/mol. The van der Waals surface area contributed by atoms with E-state index in [0.717, 1.165) is 4.31 Å². The highest BCUT2D eigenvalue weighted by Crippen LogP contribution is 2.35. The van der Waals surface area contributed by atoms with E-state index in [4.69, 9.17) is 11.6 Å². The molecule has 0 aromatic heterocycles. The lowest BCUT2D eigenvalue weighted by atomic mass is 9.91. The Kier molecular flexibility index (Phi) is 4.68. The zero-order valence-corrected chi connectivity index (χ0v) is 14.5. The summed E-state index contributed by atoms with van der Waals surface area (Å²) >= 11 is 9.06. The molecular formula is C13H15BrClNO4S. The largest absolute Gasteiger partial charge is 0.480 e. The summed E-state index contributed by atoms with van der Waals surface area (Å²) in [5.41, 5.74) is -1.41. The van der Waals surface area contributed by atoms with Crippen LogP contribution >= 0.6 is 27.5 Å². The van der Waals surface area contributed by atoms with Gasteiger partial charge in [0.25, 0.3) is 0 Å². The normalized spacial score (nSPS) is 24.0. The molecule has 1 unspecified atom stereocenters. The molecule has 1 N–H and O–H groups in total. The second-order valence-electron chi connectivity index (χ2n) is 5.19. The van der Waals surface area contributed by atoms with Crippen molar-refractivity contribution in [3.63, 3.8) is 0 Å². The number of rotatable bonds is 3. The van der Waals surface area contributed by atoms with Crippen molar-refractivity contribution in [1.82, 2.24) is 4.31 Å². The zero-order chi connectivity index (χ0) is 15.8. The molecule has 21 heavy (non-hydrogen) atoms. The van der Waals surface area contributed by atoms with Crippen molar-refractivity contribution < 1.29 is 18.3 Å². The SMILES string of the molecule is CC1(C(=O)O)CCCCN1S(=O)(=O)c1ccc(Cl)c(Br)c1. The Morgan fingerprint density at radius 3 is 2.67 bits per heavy atom. The maximum absolute atomic E-state index is 12.8. The van der Waals surface area contributed by atoms with Crippen LogP contribution in [0.3, 0.4) is 0 Å². The fraction of sp³-hybridized carbons (Fsp3) is 0.462. The number of piperidine rings is 1. The van der Waals surface area contributed by atoms with Gasteiger partial charge in [0, 0.05) is 11.0 Å². The highest BCUT2D eigenvalue weighted by atomic mass is 79.9. The molecule has 5 nitrogen and oxygen atoms in total. The third kappa shape index (κ3) is 2.97. The Morgan fingerprint density at radius 1 is 1.43 bits per heavy atom. The van der Waals surface area contributed by atoms with Gasteiger partial charge in [-0.2, -0.15) is 4.31 Å². The van der Waals surface area contributed by atoms with Crippen molar-refractivity contribution in [1.29, 1.82) is 0 Å². The van der Waals surface area contributed by atoms with Gasteiger partial charge in [-0.05, 0) is 60.3 Å². The molecule has 1 aromatic rings. The number of hydrogen-bond acceptors (Lipinski definition) is 3. The molecule has 1 aliphatic heterocycles. The molecular weight excluding hydrogens is 382 g/mol. The maximum atomic E-state index is 12.8. The summed E-state index contributed by atoms with van der Waals surface area (Å²) in [6, 6.07) is 4.26. The number of halogens is 2. The first-order chi connectivity index (χ1) is 9.69. The smallest absolute Gasteiger partial charge is 0.324 e. The van der Waals surface area contributed by atoms with Gasteiger partial charge >= 0.3 is 5.97 Å². The van der Waals surface area contributed by atoms with E-state index < -0.39 is 21.5 Å². The van der Waals surface area contributed by atoms with Crippen LogP contribution < -0.4 is 0 Å². The molecule has 0 aliphatic carbocycles. The number of benzene rings is 1. The molecule has 1 saturated heterocycles. The van der Waals surface area contributed by atoms with Gasteiger partial charge in [-0.15, -0.1) is 0 Å². The molecule has 0 bridgehead atoms. The van der Waals surface area contributed by atoms with Crippen LogP contribution in [0.4, 0.5) is 0 Å². The minimum atomic E-state index is -3.89. The molecule has 1 fully saturated rings. The molecule has 0 radical (unpaired) electrons. The first-order valence-corrected chi connectivity index (χ1v) is 9.02. The van der Waals surface area contributed by atoms with Crippen LogP contribution in [0.15, 0.2) is 27.6 Å². The Bertz CT molecular complexity index is 679. The van der Waals surface area contributed by atoms with Crippen LogP contribution in [0.25, 0.3) is 0 Å². The Morgan fingerprint density at radius 2 is 2.10 bits per heavy atom. The Hall–Kier alpha value is -0.630. The van der Waals surface area contributed by atoms with Crippen molar-refractivity contribution in [3.8, 4) is 0 Å². The Labute approximate surface area is 137 Å². The molecule has 0 spiro atoms. The number of hydrogen-bond donors (Lipinski definition) is 1. The minimum absolute atomic E-state index is 0.0353. The van der Waals surface area contributed by atoms with Gasteiger partial charge in [0.05, 0.1) is 9.92 Å². The monoisotopic (exact) mass is 395 g/mol. The van der Waals surface area contributed by atoms with E-state index in [1.54, 1.807) is 0 Å². The van der Waals surface area contributed by atoms with E-state index in [2.05, 4.69) is 15.9 Å². The summed E-state index contributed by atoms with van der Waals surface area (Å²) in [4.78, 5) is 11.6. The Balaban J connectivity index is 2.50.